The van der Waals surface area contributed by atoms with Gasteiger partial charge in [0.1, 0.15) is 0 Å². The molecule has 0 aliphatic rings. The molecule has 0 amide bonds. The molecule has 0 saturated heterocycles. The van der Waals surface area contributed by atoms with Gasteiger partial charge in [0.15, 0.2) is 0 Å². The second kappa shape index (κ2) is 10.0. The maximum atomic E-state index is 4.59. The van der Waals surface area contributed by atoms with Gasteiger partial charge in [-0.25, -0.2) is 5.32 Å². The van der Waals surface area contributed by atoms with E-state index in [1.165, 1.54) is 38.5 Å². The Kier molecular flexibility index (Phi) is 10.0. The highest BCUT2D eigenvalue weighted by Crippen LogP contribution is 2.11. The second-order valence-corrected chi connectivity index (χ2v) is 3.90. The van der Waals surface area contributed by atoms with Crippen LogP contribution in [0.5, 0.6) is 0 Å². The molecule has 0 aliphatic carbocycles. The first kappa shape index (κ1) is 13.0. The Morgan fingerprint density at radius 1 is 1.00 bits per heavy atom. The van der Waals surface area contributed by atoms with Gasteiger partial charge in [-0.3, -0.25) is 0 Å². The average molecular weight is 184 g/mol. The lowest BCUT2D eigenvalue weighted by atomic mass is 9.99. The van der Waals surface area contributed by atoms with Crippen molar-refractivity contribution in [1.82, 2.24) is 5.32 Å². The van der Waals surface area contributed by atoms with Crippen molar-refractivity contribution in [1.29, 1.82) is 0 Å². The van der Waals surface area contributed by atoms with E-state index in [1.807, 2.05) is 0 Å². The molecule has 1 nitrogen and oxygen atoms in total. The van der Waals surface area contributed by atoms with E-state index >= 15 is 0 Å². The molecule has 0 aromatic carbocycles. The van der Waals surface area contributed by atoms with Gasteiger partial charge < -0.3 is 0 Å². The molecule has 1 atom stereocenters. The fourth-order valence-corrected chi connectivity index (χ4v) is 1.46. The molecule has 1 heteroatoms. The molecule has 1 unspecified atom stereocenters. The number of unbranched alkanes of at least 4 members (excludes halogenated alkanes) is 2. The third-order valence-corrected chi connectivity index (χ3v) is 2.60. The molecular weight excluding hydrogens is 158 g/mol. The van der Waals surface area contributed by atoms with E-state index < -0.39 is 0 Å². The summed E-state index contributed by atoms with van der Waals surface area (Å²) in [4.78, 5) is 0. The largest absolute Gasteiger partial charge is 0.242 e. The Morgan fingerprint density at radius 3 is 2.23 bits per heavy atom. The van der Waals surface area contributed by atoms with Gasteiger partial charge in [-0.15, -0.1) is 0 Å². The fraction of sp³-hybridized carbons (Fsp3) is 1.00. The van der Waals surface area contributed by atoms with E-state index in [-0.39, 0.29) is 0 Å². The van der Waals surface area contributed by atoms with Gasteiger partial charge in [0.05, 0.1) is 0 Å². The summed E-state index contributed by atoms with van der Waals surface area (Å²) in [6.45, 7) is 8.97. The molecule has 0 saturated carbocycles. The Bertz CT molecular complexity index is 91.1. The van der Waals surface area contributed by atoms with E-state index in [2.05, 4.69) is 26.1 Å². The lowest BCUT2D eigenvalue weighted by molar-refractivity contribution is 0.414. The standard InChI is InChI=1S/C12H26N/c1-4-7-9-12(6-3)11-13-10-8-5-2/h12H,4-11H2,1-3H3. The molecule has 0 bridgehead atoms. The highest BCUT2D eigenvalue weighted by molar-refractivity contribution is 4.60. The van der Waals surface area contributed by atoms with Gasteiger partial charge >= 0.3 is 0 Å². The SMILES string of the molecule is CCCC[N]CC(CC)CCCC. The van der Waals surface area contributed by atoms with Crippen molar-refractivity contribution in [2.45, 2.75) is 59.3 Å². The molecule has 0 fully saturated rings. The predicted molar refractivity (Wildman–Crippen MR) is 60.1 cm³/mol. The van der Waals surface area contributed by atoms with E-state index in [1.54, 1.807) is 0 Å². The van der Waals surface area contributed by atoms with Crippen LogP contribution in [0.15, 0.2) is 0 Å². The minimum Gasteiger partial charge on any atom is -0.242 e. The molecule has 13 heavy (non-hydrogen) atoms. The minimum atomic E-state index is 0.858. The quantitative estimate of drug-likeness (QED) is 0.486. The fourth-order valence-electron chi connectivity index (χ4n) is 1.46. The van der Waals surface area contributed by atoms with Gasteiger partial charge in [-0.1, -0.05) is 46.5 Å². The Hall–Kier alpha value is -0.0400. The highest BCUT2D eigenvalue weighted by atomic mass is 14.8. The molecule has 0 aromatic rings. The first-order valence-corrected chi connectivity index (χ1v) is 5.98. The van der Waals surface area contributed by atoms with Crippen LogP contribution in [0.2, 0.25) is 0 Å². The van der Waals surface area contributed by atoms with Crippen LogP contribution in [-0.4, -0.2) is 13.1 Å². The minimum absolute atomic E-state index is 0.858. The Morgan fingerprint density at radius 2 is 1.69 bits per heavy atom. The normalized spacial score (nSPS) is 13.2. The van der Waals surface area contributed by atoms with E-state index in [0.29, 0.717) is 0 Å². The number of hydrogen-bond acceptors (Lipinski definition) is 0. The van der Waals surface area contributed by atoms with E-state index in [9.17, 15) is 0 Å². The maximum absolute atomic E-state index is 4.59. The van der Waals surface area contributed by atoms with Crippen molar-refractivity contribution in [3.63, 3.8) is 0 Å². The Balaban J connectivity index is 3.25. The summed E-state index contributed by atoms with van der Waals surface area (Å²) in [6.07, 6.45) is 7.92. The first-order chi connectivity index (χ1) is 6.35. The third-order valence-electron chi connectivity index (χ3n) is 2.60. The van der Waals surface area contributed by atoms with Gasteiger partial charge in [-0.2, -0.15) is 0 Å². The highest BCUT2D eigenvalue weighted by Gasteiger charge is 2.04. The zero-order valence-corrected chi connectivity index (χ0v) is 9.68. The van der Waals surface area contributed by atoms with Crippen LogP contribution >= 0.6 is 0 Å². The third kappa shape index (κ3) is 8.29. The van der Waals surface area contributed by atoms with Crippen LogP contribution in [-0.2, 0) is 0 Å². The van der Waals surface area contributed by atoms with Gasteiger partial charge in [-0.05, 0) is 18.8 Å². The van der Waals surface area contributed by atoms with Crippen LogP contribution in [0.4, 0.5) is 0 Å². The van der Waals surface area contributed by atoms with E-state index in [4.69, 9.17) is 0 Å². The topological polar surface area (TPSA) is 14.1 Å². The molecular formula is C12H26N. The lowest BCUT2D eigenvalue weighted by Crippen LogP contribution is -2.17. The summed E-state index contributed by atoms with van der Waals surface area (Å²) in [5.74, 6) is 0.858. The summed E-state index contributed by atoms with van der Waals surface area (Å²) in [7, 11) is 0. The summed E-state index contributed by atoms with van der Waals surface area (Å²) in [5, 5.41) is 4.59. The molecule has 0 aliphatic heterocycles. The zero-order chi connectivity index (χ0) is 9.94. The predicted octanol–water partition coefficient (Wildman–Crippen LogP) is 3.61. The summed E-state index contributed by atoms with van der Waals surface area (Å²) in [5.41, 5.74) is 0. The molecule has 0 N–H and O–H groups in total. The van der Waals surface area contributed by atoms with Gasteiger partial charge in [0.25, 0.3) is 0 Å². The van der Waals surface area contributed by atoms with E-state index in [0.717, 1.165) is 19.0 Å². The van der Waals surface area contributed by atoms with Gasteiger partial charge in [0, 0.05) is 13.1 Å². The van der Waals surface area contributed by atoms with Crippen molar-refractivity contribution in [3.8, 4) is 0 Å². The van der Waals surface area contributed by atoms with Crippen LogP contribution in [0, 0.1) is 5.92 Å². The van der Waals surface area contributed by atoms with Crippen molar-refractivity contribution in [2.24, 2.45) is 5.92 Å². The molecule has 79 valence electrons. The molecule has 0 aromatic heterocycles. The average Bonchev–Trinajstić information content (AvgIpc) is 2.17. The van der Waals surface area contributed by atoms with Crippen LogP contribution in [0.1, 0.15) is 59.3 Å². The monoisotopic (exact) mass is 184 g/mol. The Labute approximate surface area is 84.3 Å². The van der Waals surface area contributed by atoms with Crippen LogP contribution < -0.4 is 5.32 Å². The summed E-state index contributed by atoms with van der Waals surface area (Å²) in [6, 6.07) is 0. The van der Waals surface area contributed by atoms with Crippen molar-refractivity contribution in [2.75, 3.05) is 13.1 Å². The van der Waals surface area contributed by atoms with Crippen LogP contribution in [0.25, 0.3) is 0 Å². The van der Waals surface area contributed by atoms with Gasteiger partial charge in [0.2, 0.25) is 0 Å². The molecule has 1 radical (unpaired) electrons. The maximum Gasteiger partial charge on any atom is 0.0161 e. The second-order valence-electron chi connectivity index (χ2n) is 3.90. The number of nitrogens with zero attached hydrogens (tertiary/aromatic N) is 1. The number of rotatable bonds is 9. The van der Waals surface area contributed by atoms with Crippen molar-refractivity contribution >= 4 is 0 Å². The molecule has 0 spiro atoms. The van der Waals surface area contributed by atoms with Crippen molar-refractivity contribution in [3.05, 3.63) is 0 Å². The molecule has 0 rings (SSSR count). The smallest absolute Gasteiger partial charge is 0.0161 e. The lowest BCUT2D eigenvalue weighted by Gasteiger charge is -2.13. The van der Waals surface area contributed by atoms with Crippen LogP contribution in [0.3, 0.4) is 0 Å². The van der Waals surface area contributed by atoms with Crippen molar-refractivity contribution < 1.29 is 0 Å². The number of hydrogen-bond donors (Lipinski definition) is 0. The summed E-state index contributed by atoms with van der Waals surface area (Å²) >= 11 is 0. The molecule has 0 heterocycles. The first-order valence-electron chi connectivity index (χ1n) is 5.98. The summed E-state index contributed by atoms with van der Waals surface area (Å²) < 4.78 is 0. The zero-order valence-electron chi connectivity index (χ0n) is 9.68.